The molecular formula is C15H24N2O2S. The van der Waals surface area contributed by atoms with Gasteiger partial charge in [0.05, 0.1) is 4.90 Å². The summed E-state index contributed by atoms with van der Waals surface area (Å²) < 4.78 is 27.2. The predicted octanol–water partition coefficient (Wildman–Crippen LogP) is 1.92. The second kappa shape index (κ2) is 5.47. The van der Waals surface area contributed by atoms with Gasteiger partial charge in [0.1, 0.15) is 0 Å². The normalized spacial score (nSPS) is 15.7. The number of fused-ring (bicyclic) bond motifs is 1. The number of hydrogen-bond acceptors (Lipinski definition) is 3. The van der Waals surface area contributed by atoms with E-state index in [0.29, 0.717) is 18.0 Å². The average molecular weight is 296 g/mol. The van der Waals surface area contributed by atoms with Crippen LogP contribution in [0.25, 0.3) is 0 Å². The molecule has 1 aliphatic rings. The predicted molar refractivity (Wildman–Crippen MR) is 81.2 cm³/mol. The van der Waals surface area contributed by atoms with Gasteiger partial charge in [-0.15, -0.1) is 0 Å². The van der Waals surface area contributed by atoms with Gasteiger partial charge in [0.2, 0.25) is 10.0 Å². The molecule has 0 bridgehead atoms. The van der Waals surface area contributed by atoms with Crippen molar-refractivity contribution in [3.63, 3.8) is 0 Å². The number of rotatable bonds is 5. The smallest absolute Gasteiger partial charge is 0.243 e. The highest BCUT2D eigenvalue weighted by atomic mass is 32.2. The average Bonchev–Trinajstić information content (AvgIpc) is 2.85. The van der Waals surface area contributed by atoms with Crippen molar-refractivity contribution >= 4 is 10.0 Å². The minimum absolute atomic E-state index is 0.297. The lowest BCUT2D eigenvalue weighted by Gasteiger charge is -2.35. The Kier molecular flexibility index (Phi) is 4.23. The fraction of sp³-hybridized carbons (Fsp3) is 0.600. The molecular weight excluding hydrogens is 272 g/mol. The molecule has 0 spiro atoms. The third-order valence-electron chi connectivity index (χ3n) is 4.12. The summed E-state index contributed by atoms with van der Waals surface area (Å²) in [5.74, 6) is 0. The fourth-order valence-electron chi connectivity index (χ4n) is 2.86. The van der Waals surface area contributed by atoms with E-state index in [1.807, 2.05) is 32.9 Å². The van der Waals surface area contributed by atoms with Crippen LogP contribution in [-0.4, -0.2) is 31.4 Å². The zero-order chi connectivity index (χ0) is 15.0. The van der Waals surface area contributed by atoms with E-state index in [-0.39, 0.29) is 0 Å². The molecule has 0 unspecified atom stereocenters. The van der Waals surface area contributed by atoms with E-state index in [2.05, 4.69) is 0 Å². The van der Waals surface area contributed by atoms with Crippen LogP contribution in [0.4, 0.5) is 0 Å². The summed E-state index contributed by atoms with van der Waals surface area (Å²) in [6.07, 6.45) is 3.15. The van der Waals surface area contributed by atoms with E-state index in [9.17, 15) is 8.42 Å². The number of hydrogen-bond donors (Lipinski definition) is 1. The quantitative estimate of drug-likeness (QED) is 0.903. The van der Waals surface area contributed by atoms with Gasteiger partial charge in [-0.3, -0.25) is 0 Å². The molecule has 2 rings (SSSR count). The molecule has 1 aromatic rings. The highest BCUT2D eigenvalue weighted by Crippen LogP contribution is 2.28. The Balaban J connectivity index is 2.44. The number of benzene rings is 1. The minimum Gasteiger partial charge on any atom is -0.329 e. The molecule has 20 heavy (non-hydrogen) atoms. The Morgan fingerprint density at radius 3 is 2.50 bits per heavy atom. The Hall–Kier alpha value is -0.910. The van der Waals surface area contributed by atoms with E-state index in [0.717, 1.165) is 19.3 Å². The molecule has 5 heteroatoms. The van der Waals surface area contributed by atoms with E-state index < -0.39 is 15.6 Å². The van der Waals surface area contributed by atoms with Crippen LogP contribution in [-0.2, 0) is 22.9 Å². The molecule has 0 aromatic heterocycles. The van der Waals surface area contributed by atoms with Crippen LogP contribution in [0.5, 0.6) is 0 Å². The monoisotopic (exact) mass is 296 g/mol. The first kappa shape index (κ1) is 15.5. The zero-order valence-corrected chi connectivity index (χ0v) is 13.3. The molecule has 0 saturated carbocycles. The van der Waals surface area contributed by atoms with Gasteiger partial charge in [0.25, 0.3) is 0 Å². The molecule has 112 valence electrons. The van der Waals surface area contributed by atoms with Crippen LogP contribution in [0, 0.1) is 0 Å². The molecule has 0 aliphatic heterocycles. The number of nitrogens with zero attached hydrogens (tertiary/aromatic N) is 1. The molecule has 0 atom stereocenters. The summed E-state index contributed by atoms with van der Waals surface area (Å²) in [6, 6.07) is 5.53. The van der Waals surface area contributed by atoms with Crippen molar-refractivity contribution in [2.75, 3.05) is 13.1 Å². The van der Waals surface area contributed by atoms with Crippen LogP contribution in [0.3, 0.4) is 0 Å². The first-order valence-corrected chi connectivity index (χ1v) is 8.61. The van der Waals surface area contributed by atoms with Gasteiger partial charge in [-0.25, -0.2) is 8.42 Å². The molecule has 0 radical (unpaired) electrons. The molecule has 1 aliphatic carbocycles. The lowest BCUT2D eigenvalue weighted by molar-refractivity contribution is 0.244. The number of nitrogens with two attached hydrogens (primary N) is 1. The maximum absolute atomic E-state index is 12.8. The zero-order valence-electron chi connectivity index (χ0n) is 12.5. The Labute approximate surface area is 122 Å². The minimum atomic E-state index is -3.49. The largest absolute Gasteiger partial charge is 0.329 e. The maximum Gasteiger partial charge on any atom is 0.243 e. The summed E-state index contributed by atoms with van der Waals surface area (Å²) in [6.45, 7) is 6.29. The molecule has 0 heterocycles. The van der Waals surface area contributed by atoms with Crippen molar-refractivity contribution < 1.29 is 8.42 Å². The van der Waals surface area contributed by atoms with Gasteiger partial charge in [-0.1, -0.05) is 13.0 Å². The maximum atomic E-state index is 12.8. The van der Waals surface area contributed by atoms with Crippen LogP contribution in [0.15, 0.2) is 23.1 Å². The summed E-state index contributed by atoms with van der Waals surface area (Å²) in [5, 5.41) is 0. The molecule has 2 N–H and O–H groups in total. The van der Waals surface area contributed by atoms with Crippen molar-refractivity contribution in [2.45, 2.75) is 50.5 Å². The number of sulfonamides is 1. The van der Waals surface area contributed by atoms with E-state index in [4.69, 9.17) is 5.73 Å². The van der Waals surface area contributed by atoms with Crippen LogP contribution < -0.4 is 5.73 Å². The van der Waals surface area contributed by atoms with E-state index in [1.54, 1.807) is 6.07 Å². The van der Waals surface area contributed by atoms with E-state index >= 15 is 0 Å². The Bertz CT molecular complexity index is 594. The summed E-state index contributed by atoms with van der Waals surface area (Å²) in [4.78, 5) is 0.390. The van der Waals surface area contributed by atoms with E-state index in [1.165, 1.54) is 15.4 Å². The standard InChI is InChI=1S/C15H24N2O2S/c1-4-17(15(2,3)11-16)20(18,19)14-9-8-12-6-5-7-13(12)10-14/h8-10H,4-7,11,16H2,1-3H3. The van der Waals surface area contributed by atoms with Crippen molar-refractivity contribution in [3.05, 3.63) is 29.3 Å². The fourth-order valence-corrected chi connectivity index (χ4v) is 4.71. The summed E-state index contributed by atoms with van der Waals surface area (Å²) >= 11 is 0. The molecule has 0 amide bonds. The van der Waals surface area contributed by atoms with Crippen molar-refractivity contribution in [2.24, 2.45) is 5.73 Å². The first-order chi connectivity index (χ1) is 9.32. The molecule has 4 nitrogen and oxygen atoms in total. The van der Waals surface area contributed by atoms with Gasteiger partial charge in [0.15, 0.2) is 0 Å². The Morgan fingerprint density at radius 2 is 1.90 bits per heavy atom. The Morgan fingerprint density at radius 1 is 1.25 bits per heavy atom. The molecule has 0 fully saturated rings. The highest BCUT2D eigenvalue weighted by Gasteiger charge is 2.35. The summed E-state index contributed by atoms with van der Waals surface area (Å²) in [5.41, 5.74) is 7.62. The second-order valence-corrected chi connectivity index (χ2v) is 7.83. The second-order valence-electron chi connectivity index (χ2n) is 5.97. The van der Waals surface area contributed by atoms with Crippen molar-refractivity contribution in [3.8, 4) is 0 Å². The van der Waals surface area contributed by atoms with Crippen molar-refractivity contribution in [1.29, 1.82) is 0 Å². The van der Waals surface area contributed by atoms with Gasteiger partial charge >= 0.3 is 0 Å². The number of likely N-dealkylation sites (N-methyl/N-ethyl adjacent to an activating group) is 1. The van der Waals surface area contributed by atoms with Crippen LogP contribution in [0.2, 0.25) is 0 Å². The topological polar surface area (TPSA) is 63.4 Å². The lowest BCUT2D eigenvalue weighted by Crippen LogP contribution is -2.51. The summed E-state index contributed by atoms with van der Waals surface area (Å²) in [7, 11) is -3.49. The lowest BCUT2D eigenvalue weighted by atomic mass is 10.1. The third-order valence-corrected chi connectivity index (χ3v) is 6.30. The van der Waals surface area contributed by atoms with Gasteiger partial charge in [0, 0.05) is 18.6 Å². The van der Waals surface area contributed by atoms with Gasteiger partial charge in [-0.2, -0.15) is 4.31 Å². The molecule has 1 aromatic carbocycles. The van der Waals surface area contributed by atoms with Gasteiger partial charge in [-0.05, 0) is 56.4 Å². The first-order valence-electron chi connectivity index (χ1n) is 7.17. The van der Waals surface area contributed by atoms with Crippen molar-refractivity contribution in [1.82, 2.24) is 4.31 Å². The highest BCUT2D eigenvalue weighted by molar-refractivity contribution is 7.89. The van der Waals surface area contributed by atoms with Gasteiger partial charge < -0.3 is 5.73 Å². The van der Waals surface area contributed by atoms with Crippen LogP contribution in [0.1, 0.15) is 38.3 Å². The SMILES string of the molecule is CCN(C(C)(C)CN)S(=O)(=O)c1ccc2c(c1)CCC2. The third kappa shape index (κ3) is 2.62. The molecule has 0 saturated heterocycles. The number of aryl methyl sites for hydroxylation is 2. The van der Waals surface area contributed by atoms with Crippen LogP contribution >= 0.6 is 0 Å².